The lowest BCUT2D eigenvalue weighted by atomic mass is 9.48. The van der Waals surface area contributed by atoms with Crippen LogP contribution in [0.25, 0.3) is 0 Å². The first-order chi connectivity index (χ1) is 16.3. The predicted molar refractivity (Wildman–Crippen MR) is 133 cm³/mol. The van der Waals surface area contributed by atoms with Crippen LogP contribution in [0.1, 0.15) is 62.5 Å². The van der Waals surface area contributed by atoms with Gasteiger partial charge in [0.2, 0.25) is 15.9 Å². The average molecular weight is 479 g/mol. The van der Waals surface area contributed by atoms with Gasteiger partial charge in [0.05, 0.1) is 4.90 Å². The molecule has 1 heterocycles. The Bertz CT molecular complexity index is 1150. The summed E-state index contributed by atoms with van der Waals surface area (Å²) in [7, 11) is -3.70. The molecule has 0 spiro atoms. The van der Waals surface area contributed by atoms with Crippen molar-refractivity contribution in [2.75, 3.05) is 11.9 Å². The van der Waals surface area contributed by atoms with Gasteiger partial charge in [-0.15, -0.1) is 0 Å². The maximum Gasteiger partial charge on any atom is 0.243 e. The number of amides is 1. The zero-order valence-electron chi connectivity index (χ0n) is 19.9. The highest BCUT2D eigenvalue weighted by molar-refractivity contribution is 7.89. The van der Waals surface area contributed by atoms with Crippen LogP contribution in [0.15, 0.2) is 53.4 Å². The third-order valence-electron chi connectivity index (χ3n) is 8.94. The third kappa shape index (κ3) is 3.79. The molecule has 5 aliphatic rings. The third-order valence-corrected chi connectivity index (χ3v) is 10.9. The molecule has 34 heavy (non-hydrogen) atoms. The number of benzene rings is 2. The van der Waals surface area contributed by atoms with Crippen LogP contribution in [-0.2, 0) is 20.2 Å². The molecule has 7 rings (SSSR count). The van der Waals surface area contributed by atoms with E-state index < -0.39 is 16.1 Å². The van der Waals surface area contributed by atoms with E-state index in [1.165, 1.54) is 48.4 Å². The summed E-state index contributed by atoms with van der Waals surface area (Å²) in [4.78, 5) is 13.4. The van der Waals surface area contributed by atoms with Crippen LogP contribution in [-0.4, -0.2) is 31.2 Å². The quantitative estimate of drug-likeness (QED) is 0.638. The Morgan fingerprint density at radius 3 is 2.09 bits per heavy atom. The fraction of sp³-hybridized carbons (Fsp3) is 0.536. The van der Waals surface area contributed by atoms with Crippen LogP contribution in [0.2, 0.25) is 0 Å². The maximum absolute atomic E-state index is 13.2. The van der Waals surface area contributed by atoms with E-state index in [0.29, 0.717) is 24.8 Å². The summed E-state index contributed by atoms with van der Waals surface area (Å²) in [5, 5.41) is 3.00. The van der Waals surface area contributed by atoms with Crippen LogP contribution in [0, 0.1) is 24.7 Å². The summed E-state index contributed by atoms with van der Waals surface area (Å²) in [6.45, 7) is 2.30. The van der Waals surface area contributed by atoms with Crippen molar-refractivity contribution in [2.45, 2.75) is 74.6 Å². The molecule has 5 nitrogen and oxygen atoms in total. The SMILES string of the molecule is Cc1ccc(S(=O)(=O)N2CCC[C@H]2C(=O)Nc2ccc(C34CC5CC(CC(C5)C3)C4)cc2)cc1. The van der Waals surface area contributed by atoms with Gasteiger partial charge < -0.3 is 5.32 Å². The van der Waals surface area contributed by atoms with E-state index >= 15 is 0 Å². The highest BCUT2D eigenvalue weighted by Crippen LogP contribution is 2.60. The summed E-state index contributed by atoms with van der Waals surface area (Å²) >= 11 is 0. The van der Waals surface area contributed by atoms with Gasteiger partial charge in [-0.25, -0.2) is 8.42 Å². The van der Waals surface area contributed by atoms with Crippen molar-refractivity contribution in [3.63, 3.8) is 0 Å². The molecule has 0 aromatic heterocycles. The molecular weight excluding hydrogens is 444 g/mol. The molecule has 5 fully saturated rings. The van der Waals surface area contributed by atoms with E-state index in [-0.39, 0.29) is 10.8 Å². The van der Waals surface area contributed by atoms with Crippen molar-refractivity contribution in [2.24, 2.45) is 17.8 Å². The molecule has 1 aliphatic heterocycles. The van der Waals surface area contributed by atoms with E-state index in [1.807, 2.05) is 19.1 Å². The summed E-state index contributed by atoms with van der Waals surface area (Å²) < 4.78 is 27.8. The van der Waals surface area contributed by atoms with Gasteiger partial charge in [-0.2, -0.15) is 4.31 Å². The zero-order valence-corrected chi connectivity index (χ0v) is 20.7. The number of carbonyl (C=O) groups excluding carboxylic acids is 1. The van der Waals surface area contributed by atoms with E-state index in [4.69, 9.17) is 0 Å². The van der Waals surface area contributed by atoms with Crippen LogP contribution in [0.3, 0.4) is 0 Å². The second kappa shape index (κ2) is 8.20. The molecule has 1 amide bonds. The molecular formula is C28H34N2O3S. The van der Waals surface area contributed by atoms with Gasteiger partial charge in [-0.3, -0.25) is 4.79 Å². The first-order valence-corrected chi connectivity index (χ1v) is 14.3. The largest absolute Gasteiger partial charge is 0.325 e. The number of carbonyl (C=O) groups is 1. The second-order valence-electron chi connectivity index (χ2n) is 11.4. The smallest absolute Gasteiger partial charge is 0.243 e. The van der Waals surface area contributed by atoms with Gasteiger partial charge >= 0.3 is 0 Å². The molecule has 0 radical (unpaired) electrons. The predicted octanol–water partition coefficient (Wildman–Crippen LogP) is 5.25. The second-order valence-corrected chi connectivity index (χ2v) is 13.2. The molecule has 1 N–H and O–H groups in total. The number of nitrogens with zero attached hydrogens (tertiary/aromatic N) is 1. The van der Waals surface area contributed by atoms with E-state index in [9.17, 15) is 13.2 Å². The number of nitrogens with one attached hydrogen (secondary N) is 1. The van der Waals surface area contributed by atoms with Crippen molar-refractivity contribution < 1.29 is 13.2 Å². The molecule has 1 saturated heterocycles. The first kappa shape index (κ1) is 22.3. The van der Waals surface area contributed by atoms with Crippen LogP contribution in [0.4, 0.5) is 5.69 Å². The standard InChI is InChI=1S/C28H34N2O3S/c1-19-4-10-25(11-5-19)34(32,33)30-12-2-3-26(30)27(31)29-24-8-6-23(7-9-24)28-16-20-13-21(17-28)15-22(14-20)18-28/h4-11,20-22,26H,2-3,12-18H2,1H3,(H,29,31)/t20?,21?,22?,26-,28?/m0/s1. The average Bonchev–Trinajstić information content (AvgIpc) is 3.30. The van der Waals surface area contributed by atoms with E-state index in [1.54, 1.807) is 24.3 Å². The molecule has 2 aromatic rings. The highest BCUT2D eigenvalue weighted by atomic mass is 32.2. The number of hydrogen-bond donors (Lipinski definition) is 1. The summed E-state index contributed by atoms with van der Waals surface area (Å²) in [5.41, 5.74) is 3.51. The molecule has 2 aromatic carbocycles. The van der Waals surface area contributed by atoms with Gasteiger partial charge in [0.1, 0.15) is 6.04 Å². The Balaban J connectivity index is 1.17. The molecule has 0 unspecified atom stereocenters. The normalized spacial score (nSPS) is 32.7. The Kier molecular flexibility index (Phi) is 5.38. The van der Waals surface area contributed by atoms with Gasteiger partial charge in [0.15, 0.2) is 0 Å². The Labute approximate surface area is 203 Å². The lowest BCUT2D eigenvalue weighted by molar-refractivity contribution is -0.119. The lowest BCUT2D eigenvalue weighted by Crippen LogP contribution is -2.48. The van der Waals surface area contributed by atoms with Crippen molar-refractivity contribution in [3.8, 4) is 0 Å². The molecule has 4 bridgehead atoms. The first-order valence-electron chi connectivity index (χ1n) is 12.8. The van der Waals surface area contributed by atoms with Crippen molar-refractivity contribution in [3.05, 3.63) is 59.7 Å². The molecule has 1 atom stereocenters. The number of hydrogen-bond acceptors (Lipinski definition) is 3. The Morgan fingerprint density at radius 2 is 1.50 bits per heavy atom. The molecule has 4 saturated carbocycles. The van der Waals surface area contributed by atoms with Gasteiger partial charge in [-0.1, -0.05) is 29.8 Å². The topological polar surface area (TPSA) is 66.5 Å². The summed E-state index contributed by atoms with van der Waals surface area (Å²) in [6.07, 6.45) is 9.47. The number of aryl methyl sites for hydroxylation is 1. The fourth-order valence-electron chi connectivity index (χ4n) is 7.73. The van der Waals surface area contributed by atoms with Crippen LogP contribution < -0.4 is 5.32 Å². The minimum Gasteiger partial charge on any atom is -0.325 e. The van der Waals surface area contributed by atoms with E-state index in [0.717, 1.165) is 29.0 Å². The molecule has 180 valence electrons. The number of sulfonamides is 1. The minimum atomic E-state index is -3.70. The summed E-state index contributed by atoms with van der Waals surface area (Å²) in [5.74, 6) is 2.45. The monoisotopic (exact) mass is 478 g/mol. The van der Waals surface area contributed by atoms with Gasteiger partial charge in [0.25, 0.3) is 0 Å². The van der Waals surface area contributed by atoms with Crippen LogP contribution in [0.5, 0.6) is 0 Å². The Morgan fingerprint density at radius 1 is 0.912 bits per heavy atom. The zero-order chi connectivity index (χ0) is 23.5. The molecule has 4 aliphatic carbocycles. The fourth-order valence-corrected chi connectivity index (χ4v) is 9.39. The Hall–Kier alpha value is -2.18. The van der Waals surface area contributed by atoms with Crippen molar-refractivity contribution in [1.82, 2.24) is 4.31 Å². The van der Waals surface area contributed by atoms with E-state index in [2.05, 4.69) is 17.4 Å². The number of anilines is 1. The minimum absolute atomic E-state index is 0.240. The number of rotatable bonds is 5. The lowest BCUT2D eigenvalue weighted by Gasteiger charge is -2.57. The van der Waals surface area contributed by atoms with Crippen LogP contribution >= 0.6 is 0 Å². The van der Waals surface area contributed by atoms with Crippen molar-refractivity contribution >= 4 is 21.6 Å². The van der Waals surface area contributed by atoms with Gasteiger partial charge in [0, 0.05) is 12.2 Å². The summed E-state index contributed by atoms with van der Waals surface area (Å²) in [6, 6.07) is 14.6. The van der Waals surface area contributed by atoms with Gasteiger partial charge in [-0.05, 0) is 111 Å². The maximum atomic E-state index is 13.2. The molecule has 6 heteroatoms. The highest BCUT2D eigenvalue weighted by Gasteiger charge is 2.51. The van der Waals surface area contributed by atoms with Crippen molar-refractivity contribution in [1.29, 1.82) is 0 Å².